The van der Waals surface area contributed by atoms with Crippen molar-refractivity contribution in [1.82, 2.24) is 0 Å². The Morgan fingerprint density at radius 1 is 1.00 bits per heavy atom. The zero-order chi connectivity index (χ0) is 16.6. The van der Waals surface area contributed by atoms with Crippen molar-refractivity contribution in [3.8, 4) is 18.2 Å². The number of ether oxygens (including phenoxy) is 1. The van der Waals surface area contributed by atoms with Crippen LogP contribution in [0.4, 0.5) is 26.3 Å². The van der Waals surface area contributed by atoms with Gasteiger partial charge in [-0.3, -0.25) is 0 Å². The number of allylic oxidation sites excluding steroid dienone is 2. The van der Waals surface area contributed by atoms with Crippen LogP contribution in [0.25, 0.3) is 0 Å². The molecule has 4 nitrogen and oxygen atoms in total. The Morgan fingerprint density at radius 3 is 1.71 bits per heavy atom. The van der Waals surface area contributed by atoms with Crippen LogP contribution < -0.4 is 0 Å². The second kappa shape index (κ2) is 4.71. The van der Waals surface area contributed by atoms with Crippen LogP contribution in [0, 0.1) is 34.0 Å². The molecule has 0 amide bonds. The summed E-state index contributed by atoms with van der Waals surface area (Å²) in [6, 6.07) is 3.29. The first-order chi connectivity index (χ1) is 9.47. The first-order valence-corrected chi connectivity index (χ1v) is 4.96. The molecule has 0 spiro atoms. The molecule has 0 unspecified atom stereocenters. The molecule has 0 radical (unpaired) electrons. The summed E-state index contributed by atoms with van der Waals surface area (Å²) in [5, 5.41) is 25.8. The van der Waals surface area contributed by atoms with E-state index < -0.39 is 40.4 Å². The number of halogens is 6. The van der Waals surface area contributed by atoms with E-state index in [4.69, 9.17) is 15.8 Å². The minimum atomic E-state index is -5.94. The molecule has 10 heteroatoms. The third-order valence-electron chi connectivity index (χ3n) is 2.75. The molecule has 0 atom stereocenters. The maximum atomic E-state index is 12.9. The van der Waals surface area contributed by atoms with Gasteiger partial charge >= 0.3 is 18.0 Å². The molecule has 0 saturated heterocycles. The van der Waals surface area contributed by atoms with E-state index in [0.717, 1.165) is 18.2 Å². The van der Waals surface area contributed by atoms with Crippen LogP contribution in [-0.4, -0.2) is 18.0 Å². The van der Waals surface area contributed by atoms with Gasteiger partial charge in [-0.25, -0.2) is 0 Å². The molecule has 110 valence electrons. The topological polar surface area (TPSA) is 80.6 Å². The minimum Gasteiger partial charge on any atom is -0.461 e. The molecule has 1 heterocycles. The molecule has 0 bridgehead atoms. The van der Waals surface area contributed by atoms with E-state index in [2.05, 4.69) is 4.74 Å². The summed E-state index contributed by atoms with van der Waals surface area (Å²) in [7, 11) is 0. The average molecular weight is 307 g/mol. The average Bonchev–Trinajstić information content (AvgIpc) is 2.64. The molecule has 0 N–H and O–H groups in total. The molecule has 1 aliphatic rings. The molecule has 0 aromatic carbocycles. The summed E-state index contributed by atoms with van der Waals surface area (Å²) in [5.74, 6) is -1.32. The fourth-order valence-electron chi connectivity index (χ4n) is 1.77. The Labute approximate surface area is 113 Å². The van der Waals surface area contributed by atoms with E-state index in [0.29, 0.717) is 6.92 Å². The van der Waals surface area contributed by atoms with Gasteiger partial charge < -0.3 is 4.74 Å². The van der Waals surface area contributed by atoms with Crippen molar-refractivity contribution in [2.45, 2.75) is 24.9 Å². The number of rotatable bonds is 0. The highest BCUT2D eigenvalue weighted by Gasteiger charge is 2.77. The van der Waals surface area contributed by atoms with Gasteiger partial charge in [0.25, 0.3) is 0 Å². The highest BCUT2D eigenvalue weighted by atomic mass is 19.4. The van der Waals surface area contributed by atoms with Gasteiger partial charge in [-0.1, -0.05) is 0 Å². The molecule has 0 aliphatic carbocycles. The largest absolute Gasteiger partial charge is 0.461 e. The van der Waals surface area contributed by atoms with Crippen LogP contribution in [0.2, 0.25) is 0 Å². The van der Waals surface area contributed by atoms with E-state index in [-0.39, 0.29) is 0 Å². The number of nitrogens with zero attached hydrogens (tertiary/aromatic N) is 3. The predicted molar refractivity (Wildman–Crippen MR) is 52.5 cm³/mol. The van der Waals surface area contributed by atoms with Gasteiger partial charge in [-0.2, -0.15) is 42.1 Å². The van der Waals surface area contributed by atoms with Gasteiger partial charge in [0.05, 0.1) is 5.57 Å². The molecule has 0 aromatic rings. The van der Waals surface area contributed by atoms with Crippen LogP contribution in [0.5, 0.6) is 0 Å². The quantitative estimate of drug-likeness (QED) is 0.509. The zero-order valence-corrected chi connectivity index (χ0v) is 10.0. The highest BCUT2D eigenvalue weighted by molar-refractivity contribution is 5.58. The van der Waals surface area contributed by atoms with Gasteiger partial charge in [-0.05, 0) is 6.92 Å². The highest BCUT2D eigenvalue weighted by Crippen LogP contribution is 2.56. The van der Waals surface area contributed by atoms with Gasteiger partial charge in [-0.15, -0.1) is 0 Å². The zero-order valence-electron chi connectivity index (χ0n) is 10.0. The van der Waals surface area contributed by atoms with Crippen LogP contribution >= 0.6 is 0 Å². The second-order valence-electron chi connectivity index (χ2n) is 3.82. The third-order valence-corrected chi connectivity index (χ3v) is 2.75. The Kier molecular flexibility index (Phi) is 3.67. The normalized spacial score (nSPS) is 17.6. The lowest BCUT2D eigenvalue weighted by atomic mass is 9.91. The van der Waals surface area contributed by atoms with Crippen LogP contribution in [0.15, 0.2) is 22.5 Å². The van der Waals surface area contributed by atoms with Gasteiger partial charge in [0.15, 0.2) is 11.3 Å². The summed E-state index contributed by atoms with van der Waals surface area (Å²) >= 11 is 0. The van der Waals surface area contributed by atoms with Crippen molar-refractivity contribution < 1.29 is 31.1 Å². The standard InChI is InChI=1S/C11H3F6N3O/c1-5-7(4-20)8(6(2-18)3-19)21-9(5,10(12,13)14)11(15,16)17/h1H3. The molecular formula is C11H3F6N3O. The number of hydrogen-bond donors (Lipinski definition) is 0. The summed E-state index contributed by atoms with van der Waals surface area (Å²) in [4.78, 5) is 0. The first-order valence-electron chi connectivity index (χ1n) is 4.96. The fraction of sp³-hybridized carbons (Fsp3) is 0.364. The van der Waals surface area contributed by atoms with Crippen LogP contribution in [0.3, 0.4) is 0 Å². The lowest BCUT2D eigenvalue weighted by molar-refractivity contribution is -0.350. The molecular weight excluding hydrogens is 304 g/mol. The van der Waals surface area contributed by atoms with Crippen molar-refractivity contribution in [3.05, 3.63) is 22.5 Å². The number of nitriles is 3. The minimum absolute atomic E-state index is 0.416. The molecule has 21 heavy (non-hydrogen) atoms. The second-order valence-corrected chi connectivity index (χ2v) is 3.82. The van der Waals surface area contributed by atoms with Crippen molar-refractivity contribution in [3.63, 3.8) is 0 Å². The molecule has 0 saturated carbocycles. The lowest BCUT2D eigenvalue weighted by Gasteiger charge is -2.34. The van der Waals surface area contributed by atoms with E-state index in [1.54, 1.807) is 0 Å². The molecule has 1 rings (SSSR count). The summed E-state index contributed by atoms with van der Waals surface area (Å²) in [5.41, 5.74) is -8.51. The molecule has 1 aliphatic heterocycles. The van der Waals surface area contributed by atoms with Gasteiger partial charge in [0.2, 0.25) is 0 Å². The Bertz CT molecular complexity index is 633. The SMILES string of the molecule is CC1=C(C#N)C(=C(C#N)C#N)OC1(C(F)(F)F)C(F)(F)F. The van der Waals surface area contributed by atoms with E-state index in [1.165, 1.54) is 0 Å². The van der Waals surface area contributed by atoms with Crippen molar-refractivity contribution in [1.29, 1.82) is 15.8 Å². The number of hydrogen-bond acceptors (Lipinski definition) is 4. The number of alkyl halides is 6. The Morgan fingerprint density at radius 2 is 1.43 bits per heavy atom. The van der Waals surface area contributed by atoms with Crippen molar-refractivity contribution in [2.24, 2.45) is 0 Å². The van der Waals surface area contributed by atoms with Crippen LogP contribution in [0.1, 0.15) is 6.92 Å². The van der Waals surface area contributed by atoms with Gasteiger partial charge in [0, 0.05) is 5.57 Å². The van der Waals surface area contributed by atoms with Crippen molar-refractivity contribution >= 4 is 0 Å². The maximum absolute atomic E-state index is 12.9. The third kappa shape index (κ3) is 2.07. The van der Waals surface area contributed by atoms with E-state index in [9.17, 15) is 26.3 Å². The van der Waals surface area contributed by atoms with Crippen molar-refractivity contribution in [2.75, 3.05) is 0 Å². The first kappa shape index (κ1) is 16.4. The summed E-state index contributed by atoms with van der Waals surface area (Å²) in [6.07, 6.45) is -11.9. The lowest BCUT2D eigenvalue weighted by Crippen LogP contribution is -2.57. The van der Waals surface area contributed by atoms with Crippen LogP contribution in [-0.2, 0) is 4.74 Å². The maximum Gasteiger partial charge on any atom is 0.441 e. The fourth-order valence-corrected chi connectivity index (χ4v) is 1.77. The van der Waals surface area contributed by atoms with E-state index in [1.807, 2.05) is 0 Å². The smallest absolute Gasteiger partial charge is 0.441 e. The predicted octanol–water partition coefficient (Wildman–Crippen LogP) is 3.02. The Hall–Kier alpha value is -2.67. The molecule has 0 aromatic heterocycles. The van der Waals surface area contributed by atoms with Gasteiger partial charge in [0.1, 0.15) is 18.2 Å². The van der Waals surface area contributed by atoms with E-state index >= 15 is 0 Å². The summed E-state index contributed by atoms with van der Waals surface area (Å²) in [6.45, 7) is 0.416. The Balaban J connectivity index is 3.85. The monoisotopic (exact) mass is 307 g/mol. The summed E-state index contributed by atoms with van der Waals surface area (Å²) < 4.78 is 81.6. The molecule has 0 fully saturated rings.